The molecule has 1 aliphatic carbocycles. The Morgan fingerprint density at radius 2 is 2.11 bits per heavy atom. The molecule has 4 nitrogen and oxygen atoms in total. The second kappa shape index (κ2) is 10.3. The van der Waals surface area contributed by atoms with Gasteiger partial charge in [0, 0.05) is 25.0 Å². The van der Waals surface area contributed by atoms with Gasteiger partial charge in [-0.2, -0.15) is 0 Å². The van der Waals surface area contributed by atoms with Crippen LogP contribution in [0.1, 0.15) is 43.6 Å². The van der Waals surface area contributed by atoms with Crippen molar-refractivity contribution < 1.29 is 9.13 Å². The molecule has 2 unspecified atom stereocenters. The molecule has 1 aromatic carbocycles. The largest absolute Gasteiger partial charge is 0.385 e. The quantitative estimate of drug-likeness (QED) is 0.474. The van der Waals surface area contributed by atoms with Gasteiger partial charge < -0.3 is 15.4 Å². The summed E-state index contributed by atoms with van der Waals surface area (Å²) in [5.74, 6) is 1.39. The number of nitrogens with two attached hydrogens (primary N) is 1. The molecule has 28 heavy (non-hydrogen) atoms. The number of rotatable bonds is 7. The van der Waals surface area contributed by atoms with Crippen LogP contribution >= 0.6 is 12.8 Å². The number of hydrogen-bond donors (Lipinski definition) is 3. The van der Waals surface area contributed by atoms with Crippen molar-refractivity contribution in [2.75, 3.05) is 19.7 Å². The maximum Gasteiger partial charge on any atom is 0.123 e. The molecule has 1 aliphatic heterocycles. The van der Waals surface area contributed by atoms with E-state index in [0.717, 1.165) is 56.6 Å². The Labute approximate surface area is 173 Å². The SMILES string of the molecule is C=C/C=C(\N)N1CCC(NS)C(COC2CCC(c3cccc(F)c3)CC2)C1. The number of ether oxygens (including phenoxy) is 1. The average molecular weight is 406 g/mol. The van der Waals surface area contributed by atoms with Crippen molar-refractivity contribution in [3.63, 3.8) is 0 Å². The minimum absolute atomic E-state index is 0.146. The predicted molar refractivity (Wildman–Crippen MR) is 115 cm³/mol. The summed E-state index contributed by atoms with van der Waals surface area (Å²) in [7, 11) is 0. The minimum Gasteiger partial charge on any atom is -0.385 e. The van der Waals surface area contributed by atoms with Crippen LogP contribution < -0.4 is 10.5 Å². The van der Waals surface area contributed by atoms with Crippen molar-refractivity contribution in [3.05, 3.63) is 60.2 Å². The van der Waals surface area contributed by atoms with Gasteiger partial charge in [0.25, 0.3) is 0 Å². The van der Waals surface area contributed by atoms with Gasteiger partial charge in [0.05, 0.1) is 18.5 Å². The molecule has 2 atom stereocenters. The third-order valence-electron chi connectivity index (χ3n) is 6.09. The lowest BCUT2D eigenvalue weighted by Gasteiger charge is -2.40. The van der Waals surface area contributed by atoms with Crippen LogP contribution in [0.5, 0.6) is 0 Å². The van der Waals surface area contributed by atoms with E-state index in [4.69, 9.17) is 10.5 Å². The summed E-state index contributed by atoms with van der Waals surface area (Å²) < 4.78 is 22.9. The number of piperidine rings is 1. The Morgan fingerprint density at radius 3 is 2.79 bits per heavy atom. The van der Waals surface area contributed by atoms with Crippen molar-refractivity contribution in [1.29, 1.82) is 0 Å². The van der Waals surface area contributed by atoms with Crippen LogP contribution in [0, 0.1) is 11.7 Å². The molecule has 0 radical (unpaired) electrons. The summed E-state index contributed by atoms with van der Waals surface area (Å²) in [5.41, 5.74) is 7.25. The van der Waals surface area contributed by atoms with Gasteiger partial charge in [-0.25, -0.2) is 4.39 Å². The van der Waals surface area contributed by atoms with E-state index in [1.807, 2.05) is 12.1 Å². The van der Waals surface area contributed by atoms with Crippen LogP contribution in [0.3, 0.4) is 0 Å². The first-order valence-corrected chi connectivity index (χ1v) is 10.6. The summed E-state index contributed by atoms with van der Waals surface area (Å²) >= 11 is 4.31. The molecule has 154 valence electrons. The first kappa shape index (κ1) is 21.2. The fourth-order valence-corrected chi connectivity index (χ4v) is 4.75. The van der Waals surface area contributed by atoms with Crippen molar-refractivity contribution in [2.45, 2.75) is 50.2 Å². The van der Waals surface area contributed by atoms with Gasteiger partial charge in [-0.1, -0.05) is 37.6 Å². The third-order valence-corrected chi connectivity index (χ3v) is 6.43. The lowest BCUT2D eigenvalue weighted by atomic mass is 9.82. The zero-order valence-corrected chi connectivity index (χ0v) is 17.3. The molecule has 6 heteroatoms. The second-order valence-electron chi connectivity index (χ2n) is 7.92. The predicted octanol–water partition coefficient (Wildman–Crippen LogP) is 3.98. The van der Waals surface area contributed by atoms with E-state index in [1.54, 1.807) is 18.2 Å². The average Bonchev–Trinajstić information content (AvgIpc) is 2.72. The highest BCUT2D eigenvalue weighted by atomic mass is 32.1. The lowest BCUT2D eigenvalue weighted by molar-refractivity contribution is -0.0134. The van der Waals surface area contributed by atoms with E-state index in [-0.39, 0.29) is 11.9 Å². The molecule has 2 fully saturated rings. The van der Waals surface area contributed by atoms with Crippen LogP contribution in [-0.4, -0.2) is 36.7 Å². The zero-order chi connectivity index (χ0) is 19.9. The molecule has 1 saturated carbocycles. The molecule has 1 saturated heterocycles. The van der Waals surface area contributed by atoms with Gasteiger partial charge in [-0.15, -0.1) is 0 Å². The van der Waals surface area contributed by atoms with Crippen molar-refractivity contribution >= 4 is 12.8 Å². The summed E-state index contributed by atoms with van der Waals surface area (Å²) in [6.45, 7) is 6.18. The number of halogens is 1. The van der Waals surface area contributed by atoms with E-state index in [2.05, 4.69) is 29.0 Å². The van der Waals surface area contributed by atoms with Crippen molar-refractivity contribution in [1.82, 2.24) is 9.62 Å². The number of nitrogens with one attached hydrogen (secondary N) is 1. The van der Waals surface area contributed by atoms with Gasteiger partial charge in [0.15, 0.2) is 0 Å². The van der Waals surface area contributed by atoms with Crippen molar-refractivity contribution in [3.8, 4) is 0 Å². The fraction of sp³-hybridized carbons (Fsp3) is 0.545. The van der Waals surface area contributed by atoms with Gasteiger partial charge >= 0.3 is 0 Å². The van der Waals surface area contributed by atoms with Crippen LogP contribution in [0.2, 0.25) is 0 Å². The van der Waals surface area contributed by atoms with Crippen LogP contribution in [0.15, 0.2) is 48.8 Å². The Kier molecular flexibility index (Phi) is 7.82. The number of nitrogens with zero attached hydrogens (tertiary/aromatic N) is 1. The lowest BCUT2D eigenvalue weighted by Crippen LogP contribution is -2.49. The maximum absolute atomic E-state index is 13.5. The summed E-state index contributed by atoms with van der Waals surface area (Å²) in [5, 5.41) is 0. The van der Waals surface area contributed by atoms with Crippen LogP contribution in [0.4, 0.5) is 4.39 Å². The number of likely N-dealkylation sites (tertiary alicyclic amines) is 1. The van der Waals surface area contributed by atoms with E-state index in [9.17, 15) is 4.39 Å². The van der Waals surface area contributed by atoms with Crippen molar-refractivity contribution in [2.24, 2.45) is 11.7 Å². The number of hydrogen-bond acceptors (Lipinski definition) is 5. The number of benzene rings is 1. The molecule has 3 N–H and O–H groups in total. The smallest absolute Gasteiger partial charge is 0.123 e. The van der Waals surface area contributed by atoms with E-state index in [1.165, 1.54) is 6.07 Å². The molecule has 3 rings (SSSR count). The van der Waals surface area contributed by atoms with E-state index >= 15 is 0 Å². The van der Waals surface area contributed by atoms with Crippen LogP contribution in [-0.2, 0) is 4.74 Å². The van der Waals surface area contributed by atoms with Gasteiger partial charge in [0.1, 0.15) is 5.82 Å². The first-order chi connectivity index (χ1) is 13.6. The Balaban J connectivity index is 1.49. The second-order valence-corrected chi connectivity index (χ2v) is 8.18. The Morgan fingerprint density at radius 1 is 1.32 bits per heavy atom. The number of allylic oxidation sites excluding steroid dienone is 2. The molecule has 0 bridgehead atoms. The minimum atomic E-state index is -0.146. The standard InChI is InChI=1S/C22H32FN3OS/c1-2-4-22(24)26-12-11-21(25-28)18(14-26)15-27-20-9-7-16(8-10-20)17-5-3-6-19(23)13-17/h2-6,13,16,18,20-21,25,28H,1,7-12,14-15,24H2/b22-4+. The maximum atomic E-state index is 13.5. The van der Waals surface area contributed by atoms with Crippen LogP contribution in [0.25, 0.3) is 0 Å². The molecule has 0 spiro atoms. The zero-order valence-electron chi connectivity index (χ0n) is 16.4. The Bertz CT molecular complexity index is 676. The van der Waals surface area contributed by atoms with Gasteiger partial charge in [0.2, 0.25) is 0 Å². The molecule has 1 heterocycles. The van der Waals surface area contributed by atoms with Gasteiger partial charge in [-0.3, -0.25) is 4.72 Å². The Hall–Kier alpha value is -1.50. The fourth-order valence-electron chi connectivity index (χ4n) is 4.41. The summed E-state index contributed by atoms with van der Waals surface area (Å²) in [6, 6.07) is 7.34. The molecule has 0 amide bonds. The molecule has 0 aromatic heterocycles. The molecular formula is C22H32FN3OS. The first-order valence-electron chi connectivity index (χ1n) is 10.2. The highest BCUT2D eigenvalue weighted by Crippen LogP contribution is 2.34. The summed E-state index contributed by atoms with van der Waals surface area (Å²) in [6.07, 6.45) is 8.98. The van der Waals surface area contributed by atoms with E-state index in [0.29, 0.717) is 24.5 Å². The molecule has 2 aliphatic rings. The highest BCUT2D eigenvalue weighted by molar-refractivity contribution is 7.78. The highest BCUT2D eigenvalue weighted by Gasteiger charge is 2.31. The topological polar surface area (TPSA) is 50.5 Å². The summed E-state index contributed by atoms with van der Waals surface area (Å²) in [4.78, 5) is 2.19. The van der Waals surface area contributed by atoms with Gasteiger partial charge in [-0.05, 0) is 61.8 Å². The van der Waals surface area contributed by atoms with E-state index < -0.39 is 0 Å². The third kappa shape index (κ3) is 5.52. The number of thiol groups is 1. The molecular weight excluding hydrogens is 373 g/mol. The molecule has 1 aromatic rings. The normalized spacial score (nSPS) is 28.9. The monoisotopic (exact) mass is 405 g/mol.